The van der Waals surface area contributed by atoms with Crippen LogP contribution in [0.1, 0.15) is 5.56 Å². The molecule has 172 valence electrons. The SMILES string of the molecule is COc1ccc(N(CC(=O)Nc2cccc(F)c2)S(=O)(=O)c2ccc(C)c([N+](=O)[O-])c2)cc1. The number of nitro groups is 1. The fourth-order valence-electron chi connectivity index (χ4n) is 3.03. The van der Waals surface area contributed by atoms with Crippen molar-refractivity contribution >= 4 is 33.0 Å². The van der Waals surface area contributed by atoms with Crippen LogP contribution < -0.4 is 14.4 Å². The van der Waals surface area contributed by atoms with Gasteiger partial charge in [0.2, 0.25) is 5.91 Å². The third-order valence-electron chi connectivity index (χ3n) is 4.72. The number of nitrogens with one attached hydrogen (secondary N) is 1. The molecule has 0 aliphatic heterocycles. The third-order valence-corrected chi connectivity index (χ3v) is 6.49. The molecule has 0 bridgehead atoms. The minimum atomic E-state index is -4.39. The number of hydrogen-bond acceptors (Lipinski definition) is 6. The number of amides is 1. The van der Waals surface area contributed by atoms with Gasteiger partial charge in [-0.25, -0.2) is 12.8 Å². The van der Waals surface area contributed by atoms with Gasteiger partial charge in [0, 0.05) is 17.3 Å². The van der Waals surface area contributed by atoms with Crippen LogP contribution in [0.4, 0.5) is 21.5 Å². The number of aryl methyl sites for hydroxylation is 1. The number of sulfonamides is 1. The van der Waals surface area contributed by atoms with E-state index in [0.717, 1.165) is 16.4 Å². The molecule has 0 radical (unpaired) electrons. The lowest BCUT2D eigenvalue weighted by molar-refractivity contribution is -0.385. The molecule has 3 rings (SSSR count). The predicted molar refractivity (Wildman–Crippen MR) is 120 cm³/mol. The molecule has 0 fully saturated rings. The summed E-state index contributed by atoms with van der Waals surface area (Å²) in [6.07, 6.45) is 0. The number of carbonyl (C=O) groups excluding carboxylic acids is 1. The second kappa shape index (κ2) is 9.65. The van der Waals surface area contributed by atoms with Crippen LogP contribution in [0, 0.1) is 22.9 Å². The molecule has 9 nitrogen and oxygen atoms in total. The fraction of sp³-hybridized carbons (Fsp3) is 0.136. The van der Waals surface area contributed by atoms with Crippen molar-refractivity contribution in [3.63, 3.8) is 0 Å². The highest BCUT2D eigenvalue weighted by Gasteiger charge is 2.29. The smallest absolute Gasteiger partial charge is 0.273 e. The van der Waals surface area contributed by atoms with Crippen LogP contribution in [0.15, 0.2) is 71.6 Å². The fourth-order valence-corrected chi connectivity index (χ4v) is 4.48. The van der Waals surface area contributed by atoms with Crippen molar-refractivity contribution in [1.82, 2.24) is 0 Å². The Kier molecular flexibility index (Phi) is 6.92. The molecule has 0 unspecified atom stereocenters. The maximum Gasteiger partial charge on any atom is 0.273 e. The molecule has 1 amide bonds. The van der Waals surface area contributed by atoms with E-state index in [1.807, 2.05) is 0 Å². The van der Waals surface area contributed by atoms with Gasteiger partial charge in [-0.1, -0.05) is 12.1 Å². The largest absolute Gasteiger partial charge is 0.497 e. The van der Waals surface area contributed by atoms with E-state index in [1.165, 1.54) is 68.6 Å². The number of benzene rings is 3. The van der Waals surface area contributed by atoms with Gasteiger partial charge in [-0.05, 0) is 55.5 Å². The molecule has 0 saturated carbocycles. The number of anilines is 2. The lowest BCUT2D eigenvalue weighted by Gasteiger charge is -2.24. The molecule has 0 saturated heterocycles. The molecule has 11 heteroatoms. The Morgan fingerprint density at radius 3 is 2.42 bits per heavy atom. The molecule has 33 heavy (non-hydrogen) atoms. The Morgan fingerprint density at radius 1 is 1.12 bits per heavy atom. The van der Waals surface area contributed by atoms with Crippen molar-refractivity contribution in [3.05, 3.63) is 88.2 Å². The first-order valence-corrected chi connectivity index (χ1v) is 11.0. The monoisotopic (exact) mass is 473 g/mol. The molecule has 3 aromatic rings. The lowest BCUT2D eigenvalue weighted by atomic mass is 10.2. The van der Waals surface area contributed by atoms with Gasteiger partial charge >= 0.3 is 0 Å². The van der Waals surface area contributed by atoms with E-state index in [1.54, 1.807) is 0 Å². The maximum atomic E-state index is 13.4. The van der Waals surface area contributed by atoms with Crippen molar-refractivity contribution in [2.24, 2.45) is 0 Å². The average molecular weight is 473 g/mol. The first-order valence-electron chi connectivity index (χ1n) is 9.59. The minimum Gasteiger partial charge on any atom is -0.497 e. The second-order valence-corrected chi connectivity index (χ2v) is 8.84. The summed E-state index contributed by atoms with van der Waals surface area (Å²) in [7, 11) is -2.94. The highest BCUT2D eigenvalue weighted by molar-refractivity contribution is 7.92. The van der Waals surface area contributed by atoms with E-state index >= 15 is 0 Å². The van der Waals surface area contributed by atoms with Crippen LogP contribution in [0.2, 0.25) is 0 Å². The van der Waals surface area contributed by atoms with Crippen LogP contribution in [-0.4, -0.2) is 32.9 Å². The first kappa shape index (κ1) is 23.7. The van der Waals surface area contributed by atoms with Crippen molar-refractivity contribution in [2.75, 3.05) is 23.3 Å². The quantitative estimate of drug-likeness (QED) is 0.392. The molecule has 0 aromatic heterocycles. The summed E-state index contributed by atoms with van der Waals surface area (Å²) in [5.41, 5.74) is 0.209. The number of ether oxygens (including phenoxy) is 1. The highest BCUT2D eigenvalue weighted by atomic mass is 32.2. The van der Waals surface area contributed by atoms with Crippen LogP contribution in [0.25, 0.3) is 0 Å². The number of nitro benzene ring substituents is 1. The number of carbonyl (C=O) groups is 1. The highest BCUT2D eigenvalue weighted by Crippen LogP contribution is 2.29. The van der Waals surface area contributed by atoms with Crippen molar-refractivity contribution in [1.29, 1.82) is 0 Å². The van der Waals surface area contributed by atoms with Crippen LogP contribution in [-0.2, 0) is 14.8 Å². The summed E-state index contributed by atoms with van der Waals surface area (Å²) < 4.78 is 46.2. The predicted octanol–water partition coefficient (Wildman–Crippen LogP) is 3.88. The summed E-state index contributed by atoms with van der Waals surface area (Å²) in [4.78, 5) is 22.9. The lowest BCUT2D eigenvalue weighted by Crippen LogP contribution is -2.38. The van der Waals surface area contributed by atoms with Crippen molar-refractivity contribution in [3.8, 4) is 5.75 Å². The maximum absolute atomic E-state index is 13.4. The zero-order chi connectivity index (χ0) is 24.2. The zero-order valence-electron chi connectivity index (χ0n) is 17.7. The number of methoxy groups -OCH3 is 1. The number of rotatable bonds is 8. The van der Waals surface area contributed by atoms with Crippen LogP contribution in [0.3, 0.4) is 0 Å². The molecule has 3 aromatic carbocycles. The number of halogens is 1. The molecule has 0 heterocycles. The summed E-state index contributed by atoms with van der Waals surface area (Å²) in [6.45, 7) is 0.828. The van der Waals surface area contributed by atoms with Gasteiger partial charge in [0.25, 0.3) is 15.7 Å². The molecule has 0 atom stereocenters. The van der Waals surface area contributed by atoms with E-state index < -0.39 is 33.2 Å². The van der Waals surface area contributed by atoms with Gasteiger partial charge in [0.05, 0.1) is 22.6 Å². The topological polar surface area (TPSA) is 119 Å². The standard InChI is InChI=1S/C22H20FN3O6S/c1-15-6-11-20(13-21(15)26(28)29)33(30,31)25(18-7-9-19(32-2)10-8-18)14-22(27)24-17-5-3-4-16(23)12-17/h3-13H,14H2,1-2H3,(H,24,27). The van der Waals surface area contributed by atoms with Gasteiger partial charge in [0.1, 0.15) is 18.1 Å². The second-order valence-electron chi connectivity index (χ2n) is 6.97. The van der Waals surface area contributed by atoms with Crippen molar-refractivity contribution < 1.29 is 27.3 Å². The van der Waals surface area contributed by atoms with Crippen LogP contribution in [0.5, 0.6) is 5.75 Å². The van der Waals surface area contributed by atoms with E-state index in [9.17, 15) is 27.7 Å². The van der Waals surface area contributed by atoms with Crippen LogP contribution >= 0.6 is 0 Å². The van der Waals surface area contributed by atoms with E-state index in [0.29, 0.717) is 11.3 Å². The molecular weight excluding hydrogens is 453 g/mol. The number of nitrogens with zero attached hydrogens (tertiary/aromatic N) is 2. The van der Waals surface area contributed by atoms with Gasteiger partial charge in [-0.15, -0.1) is 0 Å². The van der Waals surface area contributed by atoms with Crippen molar-refractivity contribution in [2.45, 2.75) is 11.8 Å². The molecule has 0 aliphatic carbocycles. The zero-order valence-corrected chi connectivity index (χ0v) is 18.5. The first-order chi connectivity index (χ1) is 15.6. The summed E-state index contributed by atoms with van der Waals surface area (Å²) in [5.74, 6) is -0.840. The van der Waals surface area contributed by atoms with Gasteiger partial charge in [-0.3, -0.25) is 19.2 Å². The Labute approximate surface area is 189 Å². The van der Waals surface area contributed by atoms with Gasteiger partial charge < -0.3 is 10.1 Å². The van der Waals surface area contributed by atoms with Gasteiger partial charge in [-0.2, -0.15) is 0 Å². The summed E-state index contributed by atoms with van der Waals surface area (Å²) >= 11 is 0. The third kappa shape index (κ3) is 5.44. The van der Waals surface area contributed by atoms with Gasteiger partial charge in [0.15, 0.2) is 0 Å². The van der Waals surface area contributed by atoms with E-state index in [4.69, 9.17) is 4.74 Å². The summed E-state index contributed by atoms with van der Waals surface area (Å²) in [6, 6.07) is 14.6. The minimum absolute atomic E-state index is 0.133. The average Bonchev–Trinajstić information content (AvgIpc) is 2.77. The Balaban J connectivity index is 2.01. The molecule has 1 N–H and O–H groups in total. The molecule has 0 spiro atoms. The Morgan fingerprint density at radius 2 is 1.82 bits per heavy atom. The van der Waals surface area contributed by atoms with E-state index in [-0.39, 0.29) is 22.0 Å². The molecular formula is C22H20FN3O6S. The Bertz CT molecular complexity index is 1300. The Hall–Kier alpha value is -3.99. The summed E-state index contributed by atoms with van der Waals surface area (Å²) in [5, 5.41) is 13.8. The molecule has 0 aliphatic rings. The normalized spacial score (nSPS) is 11.0. The van der Waals surface area contributed by atoms with E-state index in [2.05, 4.69) is 5.32 Å². The number of hydrogen-bond donors (Lipinski definition) is 1.